The van der Waals surface area contributed by atoms with Crippen LogP contribution in [0.15, 0.2) is 47.2 Å². The number of nitrogens with zero attached hydrogens (tertiary/aromatic N) is 2. The monoisotopic (exact) mass is 321 g/mol. The minimum absolute atomic E-state index is 0.0840. The van der Waals surface area contributed by atoms with E-state index in [9.17, 15) is 10.1 Å². The molecule has 1 heterocycles. The van der Waals surface area contributed by atoms with E-state index in [4.69, 9.17) is 0 Å². The van der Waals surface area contributed by atoms with Crippen LogP contribution in [0.2, 0.25) is 0 Å². The van der Waals surface area contributed by atoms with Crippen LogP contribution in [0.3, 0.4) is 0 Å². The lowest BCUT2D eigenvalue weighted by atomic mass is 10.2. The Morgan fingerprint density at radius 3 is 2.74 bits per heavy atom. The summed E-state index contributed by atoms with van der Waals surface area (Å²) in [5.74, 6) is 0. The van der Waals surface area contributed by atoms with Crippen molar-refractivity contribution in [3.8, 4) is 0 Å². The van der Waals surface area contributed by atoms with Gasteiger partial charge < -0.3 is 5.32 Å². The standard InChI is InChI=1S/C13H12BrN3O2/c14-12-4-3-10(6-13(12)17(18)19)7-16-9-11-2-1-5-15-8-11/h1-6,8,16H,7,9H2. The second-order valence-electron chi connectivity index (χ2n) is 4.01. The topological polar surface area (TPSA) is 68.1 Å². The highest BCUT2D eigenvalue weighted by Crippen LogP contribution is 2.25. The van der Waals surface area contributed by atoms with E-state index in [1.807, 2.05) is 18.2 Å². The van der Waals surface area contributed by atoms with E-state index in [-0.39, 0.29) is 5.69 Å². The Bertz CT molecular complexity index is 575. The molecule has 0 aliphatic rings. The first kappa shape index (κ1) is 13.6. The lowest BCUT2D eigenvalue weighted by Crippen LogP contribution is -2.12. The summed E-state index contributed by atoms with van der Waals surface area (Å²) in [4.78, 5) is 14.4. The van der Waals surface area contributed by atoms with Crippen LogP contribution in [0.5, 0.6) is 0 Å². The quantitative estimate of drug-likeness (QED) is 0.679. The van der Waals surface area contributed by atoms with Crippen molar-refractivity contribution in [3.63, 3.8) is 0 Å². The van der Waals surface area contributed by atoms with Crippen LogP contribution >= 0.6 is 15.9 Å². The van der Waals surface area contributed by atoms with Crippen molar-refractivity contribution < 1.29 is 4.92 Å². The molecule has 0 aliphatic heterocycles. The van der Waals surface area contributed by atoms with E-state index in [2.05, 4.69) is 26.2 Å². The molecule has 19 heavy (non-hydrogen) atoms. The first-order valence-corrected chi connectivity index (χ1v) is 6.48. The molecular weight excluding hydrogens is 310 g/mol. The van der Waals surface area contributed by atoms with Gasteiger partial charge >= 0.3 is 0 Å². The highest BCUT2D eigenvalue weighted by molar-refractivity contribution is 9.10. The maximum absolute atomic E-state index is 10.8. The molecule has 0 spiro atoms. The Morgan fingerprint density at radius 1 is 1.26 bits per heavy atom. The normalized spacial score (nSPS) is 10.4. The van der Waals surface area contributed by atoms with Crippen LogP contribution in [-0.4, -0.2) is 9.91 Å². The molecule has 6 heteroatoms. The van der Waals surface area contributed by atoms with E-state index in [1.165, 1.54) is 0 Å². The van der Waals surface area contributed by atoms with Crippen LogP contribution in [-0.2, 0) is 13.1 Å². The molecule has 5 nitrogen and oxygen atoms in total. The highest BCUT2D eigenvalue weighted by atomic mass is 79.9. The summed E-state index contributed by atoms with van der Waals surface area (Å²) in [6.07, 6.45) is 3.51. The predicted molar refractivity (Wildman–Crippen MR) is 75.6 cm³/mol. The molecule has 0 bridgehead atoms. The predicted octanol–water partition coefficient (Wildman–Crippen LogP) is 3.04. The highest BCUT2D eigenvalue weighted by Gasteiger charge is 2.11. The summed E-state index contributed by atoms with van der Waals surface area (Å²) in [7, 11) is 0. The molecule has 0 fully saturated rings. The number of aromatic nitrogens is 1. The Hall–Kier alpha value is -1.79. The summed E-state index contributed by atoms with van der Waals surface area (Å²) in [5, 5.41) is 14.0. The zero-order chi connectivity index (χ0) is 13.7. The Labute approximate surface area is 119 Å². The molecule has 0 saturated heterocycles. The van der Waals surface area contributed by atoms with E-state index in [0.717, 1.165) is 11.1 Å². The summed E-state index contributed by atoms with van der Waals surface area (Å²) >= 11 is 3.17. The second kappa shape index (κ2) is 6.40. The molecule has 0 atom stereocenters. The Morgan fingerprint density at radius 2 is 2.05 bits per heavy atom. The van der Waals surface area contributed by atoms with Crippen molar-refractivity contribution in [1.82, 2.24) is 10.3 Å². The zero-order valence-electron chi connectivity index (χ0n) is 10.0. The average molecular weight is 322 g/mol. The number of nitro benzene ring substituents is 1. The molecule has 1 aromatic carbocycles. The molecule has 2 rings (SSSR count). The summed E-state index contributed by atoms with van der Waals surface area (Å²) < 4.78 is 0.494. The number of rotatable bonds is 5. The summed E-state index contributed by atoms with van der Waals surface area (Å²) in [6.45, 7) is 1.25. The van der Waals surface area contributed by atoms with Crippen molar-refractivity contribution in [1.29, 1.82) is 0 Å². The molecule has 0 saturated carbocycles. The first-order chi connectivity index (χ1) is 9.16. The number of nitrogens with one attached hydrogen (secondary N) is 1. The number of nitro groups is 1. The van der Waals surface area contributed by atoms with Gasteiger partial charge in [-0.1, -0.05) is 12.1 Å². The van der Waals surface area contributed by atoms with E-state index in [0.29, 0.717) is 17.6 Å². The Kier molecular flexibility index (Phi) is 4.59. The SMILES string of the molecule is O=[N+]([O-])c1cc(CNCc2cccnc2)ccc1Br. The van der Waals surface area contributed by atoms with Gasteiger partial charge in [0.15, 0.2) is 0 Å². The minimum Gasteiger partial charge on any atom is -0.309 e. The molecule has 1 aromatic heterocycles. The summed E-state index contributed by atoms with van der Waals surface area (Å²) in [5.41, 5.74) is 2.04. The molecule has 98 valence electrons. The van der Waals surface area contributed by atoms with Crippen molar-refractivity contribution in [2.45, 2.75) is 13.1 Å². The number of halogens is 1. The second-order valence-corrected chi connectivity index (χ2v) is 4.86. The molecule has 0 aliphatic carbocycles. The number of pyridine rings is 1. The molecule has 1 N–H and O–H groups in total. The van der Waals surface area contributed by atoms with E-state index < -0.39 is 4.92 Å². The van der Waals surface area contributed by atoms with Crippen LogP contribution in [0.25, 0.3) is 0 Å². The zero-order valence-corrected chi connectivity index (χ0v) is 11.6. The van der Waals surface area contributed by atoms with Gasteiger partial charge in [0, 0.05) is 31.5 Å². The number of hydrogen-bond acceptors (Lipinski definition) is 4. The van der Waals surface area contributed by atoms with Crippen molar-refractivity contribution >= 4 is 21.6 Å². The number of benzene rings is 1. The maximum atomic E-state index is 10.8. The van der Waals surface area contributed by atoms with Crippen LogP contribution in [0.1, 0.15) is 11.1 Å². The fourth-order valence-electron chi connectivity index (χ4n) is 1.66. The maximum Gasteiger partial charge on any atom is 0.283 e. The van der Waals surface area contributed by atoms with Gasteiger partial charge in [-0.15, -0.1) is 0 Å². The molecule has 0 radical (unpaired) electrons. The third-order valence-corrected chi connectivity index (χ3v) is 3.26. The van der Waals surface area contributed by atoms with Gasteiger partial charge in [0.1, 0.15) is 0 Å². The fourth-order valence-corrected chi connectivity index (χ4v) is 2.05. The van der Waals surface area contributed by atoms with E-state index >= 15 is 0 Å². The van der Waals surface area contributed by atoms with Crippen LogP contribution in [0, 0.1) is 10.1 Å². The van der Waals surface area contributed by atoms with Gasteiger partial charge in [-0.05, 0) is 39.2 Å². The van der Waals surface area contributed by atoms with Gasteiger partial charge in [-0.25, -0.2) is 0 Å². The molecule has 0 amide bonds. The van der Waals surface area contributed by atoms with Gasteiger partial charge in [0.25, 0.3) is 5.69 Å². The van der Waals surface area contributed by atoms with Gasteiger partial charge in [0.2, 0.25) is 0 Å². The fraction of sp³-hybridized carbons (Fsp3) is 0.154. The first-order valence-electron chi connectivity index (χ1n) is 5.69. The smallest absolute Gasteiger partial charge is 0.283 e. The van der Waals surface area contributed by atoms with Gasteiger partial charge in [-0.2, -0.15) is 0 Å². The van der Waals surface area contributed by atoms with Gasteiger partial charge in [-0.3, -0.25) is 15.1 Å². The molecular formula is C13H12BrN3O2. The third kappa shape index (κ3) is 3.84. The van der Waals surface area contributed by atoms with Crippen molar-refractivity contribution in [2.75, 3.05) is 0 Å². The van der Waals surface area contributed by atoms with Crippen molar-refractivity contribution in [2.24, 2.45) is 0 Å². The van der Waals surface area contributed by atoms with E-state index in [1.54, 1.807) is 24.5 Å². The van der Waals surface area contributed by atoms with Crippen molar-refractivity contribution in [3.05, 3.63) is 68.4 Å². The van der Waals surface area contributed by atoms with Crippen LogP contribution in [0.4, 0.5) is 5.69 Å². The van der Waals surface area contributed by atoms with Crippen LogP contribution < -0.4 is 5.32 Å². The largest absolute Gasteiger partial charge is 0.309 e. The lowest BCUT2D eigenvalue weighted by Gasteiger charge is -2.05. The molecule has 0 unspecified atom stereocenters. The third-order valence-electron chi connectivity index (χ3n) is 2.59. The summed E-state index contributed by atoms with van der Waals surface area (Å²) in [6, 6.07) is 8.97. The average Bonchev–Trinajstić information content (AvgIpc) is 2.41. The Balaban J connectivity index is 1.97. The number of hydrogen-bond donors (Lipinski definition) is 1. The minimum atomic E-state index is -0.394. The molecule has 2 aromatic rings. The van der Waals surface area contributed by atoms with Gasteiger partial charge in [0.05, 0.1) is 9.40 Å². The lowest BCUT2D eigenvalue weighted by molar-refractivity contribution is -0.385.